The van der Waals surface area contributed by atoms with Gasteiger partial charge >= 0.3 is 0 Å². The fraction of sp³-hybridized carbons (Fsp3) is 0.316. The lowest BCUT2D eigenvalue weighted by Crippen LogP contribution is -2.46. The third-order valence-corrected chi connectivity index (χ3v) is 7.80. The molecule has 3 aromatic heterocycles. The monoisotopic (exact) mass is 429 g/mol. The molecule has 2 atom stereocenters. The molecular formula is C19H19N5O3S2. The minimum Gasteiger partial charge on any atom is -0.470 e. The summed E-state index contributed by atoms with van der Waals surface area (Å²) in [6.07, 6.45) is 4.69. The molecule has 2 aliphatic rings. The molecule has 0 amide bonds. The maximum absolute atomic E-state index is 13.5. The number of pyridine rings is 2. The third-order valence-electron chi connectivity index (χ3n) is 5.15. The van der Waals surface area contributed by atoms with E-state index in [-0.39, 0.29) is 29.5 Å². The minimum absolute atomic E-state index is 0.108. The first-order chi connectivity index (χ1) is 14.1. The molecule has 1 fully saturated rings. The zero-order valence-electron chi connectivity index (χ0n) is 15.5. The number of aromatic nitrogens is 3. The van der Waals surface area contributed by atoms with Crippen LogP contribution in [0.1, 0.15) is 10.7 Å². The van der Waals surface area contributed by atoms with E-state index in [4.69, 9.17) is 4.74 Å². The van der Waals surface area contributed by atoms with Crippen molar-refractivity contribution in [3.63, 3.8) is 0 Å². The molecule has 5 rings (SSSR count). The Morgan fingerprint density at radius 1 is 1.03 bits per heavy atom. The van der Waals surface area contributed by atoms with Gasteiger partial charge in [0, 0.05) is 37.1 Å². The summed E-state index contributed by atoms with van der Waals surface area (Å²) in [4.78, 5) is 15.2. The van der Waals surface area contributed by atoms with Crippen LogP contribution in [-0.4, -0.2) is 57.8 Å². The number of hydrogen-bond acceptors (Lipinski definition) is 8. The Labute approximate surface area is 172 Å². The van der Waals surface area contributed by atoms with Gasteiger partial charge in [0.1, 0.15) is 16.0 Å². The molecule has 0 unspecified atom stereocenters. The SMILES string of the molecule is O=S1(=O)c2cccnc2O[C@H]2CN(Cc3nccs3)C[C@H]2N1Cc1ccccn1. The average molecular weight is 430 g/mol. The number of fused-ring (bicyclic) bond motifs is 2. The fourth-order valence-corrected chi connectivity index (χ4v) is 6.18. The van der Waals surface area contributed by atoms with Gasteiger partial charge in [-0.15, -0.1) is 11.3 Å². The van der Waals surface area contributed by atoms with Crippen LogP contribution in [0.4, 0.5) is 0 Å². The summed E-state index contributed by atoms with van der Waals surface area (Å²) in [6, 6.07) is 8.35. The Morgan fingerprint density at radius 2 is 1.93 bits per heavy atom. The van der Waals surface area contributed by atoms with Crippen molar-refractivity contribution in [2.45, 2.75) is 30.1 Å². The van der Waals surface area contributed by atoms with Crippen LogP contribution in [0.5, 0.6) is 5.88 Å². The van der Waals surface area contributed by atoms with Gasteiger partial charge in [0.05, 0.1) is 24.8 Å². The van der Waals surface area contributed by atoms with Crippen molar-refractivity contribution < 1.29 is 13.2 Å². The summed E-state index contributed by atoms with van der Waals surface area (Å²) in [5.41, 5.74) is 0.695. The Morgan fingerprint density at radius 3 is 2.72 bits per heavy atom. The number of thiazole rings is 1. The molecule has 0 N–H and O–H groups in total. The van der Waals surface area contributed by atoms with E-state index >= 15 is 0 Å². The zero-order chi connectivity index (χ0) is 19.8. The van der Waals surface area contributed by atoms with Crippen LogP contribution in [0, 0.1) is 0 Å². The summed E-state index contributed by atoms with van der Waals surface area (Å²) in [6.45, 7) is 2.02. The molecule has 150 valence electrons. The first-order valence-electron chi connectivity index (χ1n) is 9.25. The molecule has 29 heavy (non-hydrogen) atoms. The molecule has 8 nitrogen and oxygen atoms in total. The molecule has 0 aromatic carbocycles. The molecule has 0 radical (unpaired) electrons. The highest BCUT2D eigenvalue weighted by Gasteiger charge is 2.47. The first kappa shape index (κ1) is 18.6. The van der Waals surface area contributed by atoms with E-state index in [1.807, 2.05) is 23.6 Å². The van der Waals surface area contributed by atoms with Gasteiger partial charge in [0.2, 0.25) is 15.9 Å². The molecule has 0 spiro atoms. The number of nitrogens with zero attached hydrogens (tertiary/aromatic N) is 5. The van der Waals surface area contributed by atoms with Gasteiger partial charge in [-0.05, 0) is 24.3 Å². The topological polar surface area (TPSA) is 88.5 Å². The Kier molecular flexibility index (Phi) is 4.78. The van der Waals surface area contributed by atoms with Crippen molar-refractivity contribution in [3.8, 4) is 5.88 Å². The van der Waals surface area contributed by atoms with E-state index in [1.54, 1.807) is 42.1 Å². The van der Waals surface area contributed by atoms with Crippen LogP contribution < -0.4 is 4.74 Å². The van der Waals surface area contributed by atoms with E-state index in [0.717, 1.165) is 5.01 Å². The largest absolute Gasteiger partial charge is 0.470 e. The third kappa shape index (κ3) is 3.52. The number of likely N-dealkylation sites (tertiary alicyclic amines) is 1. The molecule has 3 aromatic rings. The lowest BCUT2D eigenvalue weighted by atomic mass is 10.2. The highest BCUT2D eigenvalue weighted by Crippen LogP contribution is 2.36. The standard InChI is InChI=1S/C19H19N5O3S2/c25-29(26)17-5-3-7-22-19(17)27-16-12-23(13-18-21-8-9-28-18)11-15(16)24(29)10-14-4-1-2-6-20-14/h1-9,15-16H,10-13H2/t15-,16+/m1/s1. The molecule has 5 heterocycles. The number of rotatable bonds is 4. The van der Waals surface area contributed by atoms with E-state index in [9.17, 15) is 8.42 Å². The second-order valence-corrected chi connectivity index (χ2v) is 9.86. The van der Waals surface area contributed by atoms with Crippen molar-refractivity contribution in [1.29, 1.82) is 0 Å². The number of hydrogen-bond donors (Lipinski definition) is 0. The number of sulfonamides is 1. The summed E-state index contributed by atoms with van der Waals surface area (Å²) >= 11 is 1.59. The quantitative estimate of drug-likeness (QED) is 0.624. The highest BCUT2D eigenvalue weighted by atomic mass is 32.2. The fourth-order valence-electron chi connectivity index (χ4n) is 3.84. The maximum atomic E-state index is 13.5. The molecule has 1 saturated heterocycles. The molecular weight excluding hydrogens is 410 g/mol. The van der Waals surface area contributed by atoms with Crippen molar-refractivity contribution in [2.75, 3.05) is 13.1 Å². The van der Waals surface area contributed by atoms with E-state index in [0.29, 0.717) is 25.3 Å². The zero-order valence-corrected chi connectivity index (χ0v) is 17.1. The van der Waals surface area contributed by atoms with Crippen LogP contribution in [0.2, 0.25) is 0 Å². The van der Waals surface area contributed by atoms with Crippen LogP contribution in [0.3, 0.4) is 0 Å². The van der Waals surface area contributed by atoms with Gasteiger partial charge < -0.3 is 4.74 Å². The van der Waals surface area contributed by atoms with Gasteiger partial charge in [0.25, 0.3) is 0 Å². The highest BCUT2D eigenvalue weighted by molar-refractivity contribution is 7.89. The molecule has 2 aliphatic heterocycles. The van der Waals surface area contributed by atoms with Gasteiger partial charge in [-0.25, -0.2) is 18.4 Å². The van der Waals surface area contributed by atoms with Crippen molar-refractivity contribution in [1.82, 2.24) is 24.2 Å². The summed E-state index contributed by atoms with van der Waals surface area (Å²) in [5, 5.41) is 2.94. The van der Waals surface area contributed by atoms with E-state index < -0.39 is 10.0 Å². The van der Waals surface area contributed by atoms with Crippen LogP contribution in [-0.2, 0) is 23.1 Å². The molecule has 0 aliphatic carbocycles. The predicted octanol–water partition coefficient (Wildman–Crippen LogP) is 1.77. The van der Waals surface area contributed by atoms with Crippen LogP contribution >= 0.6 is 11.3 Å². The average Bonchev–Trinajstić information content (AvgIpc) is 3.36. The maximum Gasteiger partial charge on any atom is 0.249 e. The lowest BCUT2D eigenvalue weighted by molar-refractivity contribution is 0.143. The van der Waals surface area contributed by atoms with Gasteiger partial charge in [-0.3, -0.25) is 9.88 Å². The summed E-state index contributed by atoms with van der Waals surface area (Å²) in [7, 11) is -3.79. The van der Waals surface area contributed by atoms with Gasteiger partial charge in [-0.2, -0.15) is 4.31 Å². The molecule has 0 bridgehead atoms. The lowest BCUT2D eigenvalue weighted by Gasteiger charge is -2.27. The van der Waals surface area contributed by atoms with E-state index in [2.05, 4.69) is 19.9 Å². The Bertz CT molecular complexity index is 1090. The van der Waals surface area contributed by atoms with Crippen molar-refractivity contribution in [3.05, 3.63) is 65.0 Å². The van der Waals surface area contributed by atoms with Gasteiger partial charge in [-0.1, -0.05) is 6.07 Å². The summed E-state index contributed by atoms with van der Waals surface area (Å²) in [5.74, 6) is 0.169. The smallest absolute Gasteiger partial charge is 0.249 e. The minimum atomic E-state index is -3.79. The second-order valence-electron chi connectivity index (χ2n) is 7.02. The van der Waals surface area contributed by atoms with Crippen LogP contribution in [0.15, 0.2) is 59.2 Å². The molecule has 10 heteroatoms. The van der Waals surface area contributed by atoms with Crippen molar-refractivity contribution in [2.24, 2.45) is 0 Å². The van der Waals surface area contributed by atoms with Gasteiger partial charge in [0.15, 0.2) is 0 Å². The first-order valence-corrected chi connectivity index (χ1v) is 11.6. The molecule has 0 saturated carbocycles. The normalized spacial score (nSPS) is 23.7. The van der Waals surface area contributed by atoms with E-state index in [1.165, 1.54) is 4.31 Å². The Hall–Kier alpha value is -2.40. The van der Waals surface area contributed by atoms with Crippen LogP contribution in [0.25, 0.3) is 0 Å². The predicted molar refractivity (Wildman–Crippen MR) is 107 cm³/mol. The Balaban J connectivity index is 1.52. The number of ether oxygens (including phenoxy) is 1. The van der Waals surface area contributed by atoms with Crippen molar-refractivity contribution >= 4 is 21.4 Å². The summed E-state index contributed by atoms with van der Waals surface area (Å²) < 4.78 is 34.7. The second kappa shape index (κ2) is 7.45.